The van der Waals surface area contributed by atoms with Crippen LogP contribution in [0.2, 0.25) is 0 Å². The molecule has 1 aromatic heterocycles. The Hall–Kier alpha value is -3.53. The minimum absolute atomic E-state index is 0.0927. The molecule has 4 nitrogen and oxygen atoms in total. The lowest BCUT2D eigenvalue weighted by molar-refractivity contribution is 0.403. The minimum atomic E-state index is -0.193. The molecule has 0 amide bonds. The van der Waals surface area contributed by atoms with E-state index in [-0.39, 0.29) is 17.4 Å². The zero-order valence-corrected chi connectivity index (χ0v) is 17.2. The van der Waals surface area contributed by atoms with E-state index in [2.05, 4.69) is 62.4 Å². The second-order valence-electron chi connectivity index (χ2n) is 7.77. The molecule has 4 rings (SSSR count). The van der Waals surface area contributed by atoms with E-state index in [1.54, 1.807) is 12.3 Å². The van der Waals surface area contributed by atoms with Gasteiger partial charge in [0.15, 0.2) is 11.5 Å². The normalized spacial score (nSPS) is 12.1. The molecule has 0 unspecified atom stereocenters. The summed E-state index contributed by atoms with van der Waals surface area (Å²) in [7, 11) is 0. The Morgan fingerprint density at radius 2 is 1.50 bits per heavy atom. The van der Waals surface area contributed by atoms with E-state index in [1.165, 1.54) is 34.4 Å². The average Bonchev–Trinajstić information content (AvgIpc) is 3.23. The van der Waals surface area contributed by atoms with Crippen LogP contribution in [0.3, 0.4) is 0 Å². The molecule has 0 radical (unpaired) electrons. The van der Waals surface area contributed by atoms with Gasteiger partial charge in [0.1, 0.15) is 6.26 Å². The van der Waals surface area contributed by atoms with Crippen molar-refractivity contribution in [1.29, 1.82) is 0 Å². The van der Waals surface area contributed by atoms with Crippen molar-refractivity contribution >= 4 is 0 Å². The van der Waals surface area contributed by atoms with Crippen molar-refractivity contribution in [3.63, 3.8) is 0 Å². The number of phenols is 2. The summed E-state index contributed by atoms with van der Waals surface area (Å²) in [4.78, 5) is 4.72. The molecule has 0 bridgehead atoms. The van der Waals surface area contributed by atoms with Gasteiger partial charge >= 0.3 is 0 Å². The van der Waals surface area contributed by atoms with Crippen LogP contribution in [0.4, 0.5) is 0 Å². The maximum absolute atomic E-state index is 9.79. The topological polar surface area (TPSA) is 66.5 Å². The largest absolute Gasteiger partial charge is 0.504 e. The first-order chi connectivity index (χ1) is 14.5. The maximum Gasteiger partial charge on any atom is 0.226 e. The molecule has 1 heterocycles. The molecular formula is C26H25NO3. The molecule has 0 saturated heterocycles. The smallest absolute Gasteiger partial charge is 0.226 e. The van der Waals surface area contributed by atoms with Crippen LogP contribution in [0.1, 0.15) is 40.3 Å². The minimum Gasteiger partial charge on any atom is -0.504 e. The molecule has 4 aromatic rings. The lowest BCUT2D eigenvalue weighted by atomic mass is 9.89. The van der Waals surface area contributed by atoms with Gasteiger partial charge in [-0.15, -0.1) is 0 Å². The van der Waals surface area contributed by atoms with Crippen LogP contribution < -0.4 is 0 Å². The summed E-state index contributed by atoms with van der Waals surface area (Å²) < 4.78 is 5.74. The Bertz CT molecular complexity index is 1130. The third-order valence-corrected chi connectivity index (χ3v) is 5.42. The lowest BCUT2D eigenvalue weighted by Gasteiger charge is -2.15. The molecular weight excluding hydrogens is 374 g/mol. The first-order valence-electron chi connectivity index (χ1n) is 10.1. The summed E-state index contributed by atoms with van der Waals surface area (Å²) >= 11 is 0. The lowest BCUT2D eigenvalue weighted by Crippen LogP contribution is -2.04. The Kier molecular flexibility index (Phi) is 5.57. The van der Waals surface area contributed by atoms with Crippen molar-refractivity contribution in [2.24, 2.45) is 0 Å². The summed E-state index contributed by atoms with van der Waals surface area (Å²) in [5.74, 6) is 0.158. The van der Waals surface area contributed by atoms with Gasteiger partial charge in [0.05, 0.1) is 5.69 Å². The van der Waals surface area contributed by atoms with Crippen molar-refractivity contribution in [3.05, 3.63) is 101 Å². The second-order valence-corrected chi connectivity index (χ2v) is 7.77. The fourth-order valence-electron chi connectivity index (χ4n) is 3.59. The standard InChI is InChI=1S/C26H25NO3/c1-17-3-7-19(8-4-17)9-13-22(20-10-5-18(2)6-11-20)23-16-30-26(27-23)21-12-14-24(28)25(29)15-21/h3-8,10-12,14-16,22,28-29H,9,13H2,1-2H3/t22-/m1/s1. The van der Waals surface area contributed by atoms with Crippen LogP contribution in [0.5, 0.6) is 11.5 Å². The summed E-state index contributed by atoms with van der Waals surface area (Å²) in [6.07, 6.45) is 3.53. The predicted molar refractivity (Wildman–Crippen MR) is 118 cm³/mol. The Morgan fingerprint density at radius 1 is 0.833 bits per heavy atom. The van der Waals surface area contributed by atoms with Crippen LogP contribution in [0, 0.1) is 13.8 Å². The Labute approximate surface area is 176 Å². The van der Waals surface area contributed by atoms with E-state index in [0.717, 1.165) is 18.5 Å². The van der Waals surface area contributed by atoms with Gasteiger partial charge in [0.2, 0.25) is 5.89 Å². The van der Waals surface area contributed by atoms with Gasteiger partial charge in [-0.2, -0.15) is 0 Å². The van der Waals surface area contributed by atoms with Crippen molar-refractivity contribution < 1.29 is 14.6 Å². The molecule has 0 aliphatic carbocycles. The van der Waals surface area contributed by atoms with Crippen molar-refractivity contribution in [2.75, 3.05) is 0 Å². The van der Waals surface area contributed by atoms with Crippen LogP contribution in [-0.2, 0) is 6.42 Å². The van der Waals surface area contributed by atoms with E-state index in [0.29, 0.717) is 11.5 Å². The molecule has 30 heavy (non-hydrogen) atoms. The molecule has 1 atom stereocenters. The fraction of sp³-hybridized carbons (Fsp3) is 0.192. The highest BCUT2D eigenvalue weighted by Gasteiger charge is 2.20. The Balaban J connectivity index is 1.63. The highest BCUT2D eigenvalue weighted by Crippen LogP contribution is 2.34. The molecule has 2 N–H and O–H groups in total. The van der Waals surface area contributed by atoms with E-state index >= 15 is 0 Å². The predicted octanol–water partition coefficient (Wildman–Crippen LogP) is 6.13. The first-order valence-corrected chi connectivity index (χ1v) is 10.1. The first kappa shape index (κ1) is 19.8. The van der Waals surface area contributed by atoms with Crippen molar-refractivity contribution in [1.82, 2.24) is 4.98 Å². The second kappa shape index (κ2) is 8.46. The van der Waals surface area contributed by atoms with E-state index in [1.807, 2.05) is 0 Å². The quantitative estimate of drug-likeness (QED) is 0.383. The summed E-state index contributed by atoms with van der Waals surface area (Å²) in [5.41, 5.74) is 6.45. The van der Waals surface area contributed by atoms with Gasteiger partial charge in [-0.25, -0.2) is 4.98 Å². The van der Waals surface area contributed by atoms with Gasteiger partial charge in [0.25, 0.3) is 0 Å². The van der Waals surface area contributed by atoms with E-state index in [9.17, 15) is 10.2 Å². The van der Waals surface area contributed by atoms with Crippen LogP contribution >= 0.6 is 0 Å². The number of benzene rings is 3. The molecule has 3 aromatic carbocycles. The SMILES string of the molecule is Cc1ccc(CC[C@H](c2ccc(C)cc2)c2coc(-c3ccc(O)c(O)c3)n2)cc1. The van der Waals surface area contributed by atoms with E-state index < -0.39 is 0 Å². The van der Waals surface area contributed by atoms with Gasteiger partial charge in [0, 0.05) is 11.5 Å². The number of oxazole rings is 1. The number of hydrogen-bond donors (Lipinski definition) is 2. The van der Waals surface area contributed by atoms with Gasteiger partial charge in [-0.1, -0.05) is 59.7 Å². The number of aromatic hydroxyl groups is 2. The number of aryl methyl sites for hydroxylation is 3. The van der Waals surface area contributed by atoms with Gasteiger partial charge in [-0.3, -0.25) is 0 Å². The summed E-state index contributed by atoms with van der Waals surface area (Å²) in [6, 6.07) is 21.7. The van der Waals surface area contributed by atoms with Gasteiger partial charge < -0.3 is 14.6 Å². The molecule has 152 valence electrons. The van der Waals surface area contributed by atoms with Crippen LogP contribution in [0.25, 0.3) is 11.5 Å². The van der Waals surface area contributed by atoms with Crippen molar-refractivity contribution in [2.45, 2.75) is 32.6 Å². The van der Waals surface area contributed by atoms with Crippen molar-refractivity contribution in [3.8, 4) is 23.0 Å². The van der Waals surface area contributed by atoms with Crippen LogP contribution in [-0.4, -0.2) is 15.2 Å². The highest BCUT2D eigenvalue weighted by molar-refractivity contribution is 5.59. The summed E-state index contributed by atoms with van der Waals surface area (Å²) in [5, 5.41) is 19.3. The molecule has 0 spiro atoms. The Morgan fingerprint density at radius 3 is 2.17 bits per heavy atom. The average molecular weight is 399 g/mol. The third kappa shape index (κ3) is 4.38. The number of rotatable bonds is 6. The summed E-state index contributed by atoms with van der Waals surface area (Å²) in [6.45, 7) is 4.17. The molecule has 0 fully saturated rings. The molecule has 0 saturated carbocycles. The van der Waals surface area contributed by atoms with Crippen LogP contribution in [0.15, 0.2) is 77.4 Å². The molecule has 0 aliphatic heterocycles. The number of nitrogens with zero attached hydrogens (tertiary/aromatic N) is 1. The monoisotopic (exact) mass is 399 g/mol. The zero-order valence-electron chi connectivity index (χ0n) is 17.2. The fourth-order valence-corrected chi connectivity index (χ4v) is 3.59. The molecule has 4 heteroatoms. The van der Waals surface area contributed by atoms with E-state index in [4.69, 9.17) is 9.40 Å². The molecule has 0 aliphatic rings. The number of aromatic nitrogens is 1. The maximum atomic E-state index is 9.79. The van der Waals surface area contributed by atoms with Gasteiger partial charge in [-0.05, 0) is 56.0 Å². The third-order valence-electron chi connectivity index (χ3n) is 5.42. The highest BCUT2D eigenvalue weighted by atomic mass is 16.3. The number of hydrogen-bond acceptors (Lipinski definition) is 4. The number of phenolic OH excluding ortho intramolecular Hbond substituents is 2. The zero-order chi connectivity index (χ0) is 21.1.